The summed E-state index contributed by atoms with van der Waals surface area (Å²) in [4.78, 5) is 24.6. The zero-order chi connectivity index (χ0) is 19.5. The lowest BCUT2D eigenvalue weighted by molar-refractivity contribution is -0.119. The zero-order valence-corrected chi connectivity index (χ0v) is 14.9. The van der Waals surface area contributed by atoms with Crippen molar-refractivity contribution in [2.75, 3.05) is 11.9 Å². The number of carbonyl (C=O) groups is 2. The van der Waals surface area contributed by atoms with Crippen molar-refractivity contribution in [1.29, 1.82) is 0 Å². The summed E-state index contributed by atoms with van der Waals surface area (Å²) in [5.41, 5.74) is 0.671. The van der Waals surface area contributed by atoms with Crippen LogP contribution in [0.2, 0.25) is 0 Å². The van der Waals surface area contributed by atoms with Gasteiger partial charge in [0.15, 0.2) is 6.61 Å². The fourth-order valence-electron chi connectivity index (χ4n) is 3.15. The summed E-state index contributed by atoms with van der Waals surface area (Å²) in [6.45, 7) is -0.450. The van der Waals surface area contributed by atoms with Crippen LogP contribution >= 0.6 is 0 Å². The minimum atomic E-state index is -0.753. The van der Waals surface area contributed by atoms with Gasteiger partial charge in [-0.15, -0.1) is 0 Å². The smallest absolute Gasteiger partial charge is 0.342 e. The van der Waals surface area contributed by atoms with Crippen molar-refractivity contribution in [3.05, 3.63) is 84.4 Å². The van der Waals surface area contributed by atoms with Crippen LogP contribution in [0.15, 0.2) is 78.9 Å². The van der Waals surface area contributed by atoms with Crippen molar-refractivity contribution in [3.63, 3.8) is 0 Å². The summed E-state index contributed by atoms with van der Waals surface area (Å²) < 4.78 is 5.09. The number of nitrogens with one attached hydrogen (secondary N) is 1. The normalized spacial score (nSPS) is 10.7. The summed E-state index contributed by atoms with van der Waals surface area (Å²) in [5, 5.41) is 16.4. The fraction of sp³-hybridized carbons (Fsp3) is 0.0435. The number of benzene rings is 4. The molecule has 0 aliphatic rings. The predicted molar refractivity (Wildman–Crippen MR) is 108 cm³/mol. The monoisotopic (exact) mass is 371 g/mol. The minimum Gasteiger partial charge on any atom is -0.506 e. The Hall–Kier alpha value is -3.86. The molecular weight excluding hydrogens is 354 g/mol. The van der Waals surface area contributed by atoms with Crippen LogP contribution in [0.5, 0.6) is 5.75 Å². The van der Waals surface area contributed by atoms with Gasteiger partial charge in [-0.2, -0.15) is 0 Å². The van der Waals surface area contributed by atoms with E-state index in [0.29, 0.717) is 11.1 Å². The number of phenols is 1. The van der Waals surface area contributed by atoms with Gasteiger partial charge in [-0.3, -0.25) is 4.79 Å². The molecule has 0 unspecified atom stereocenters. The van der Waals surface area contributed by atoms with Crippen LogP contribution in [-0.2, 0) is 9.53 Å². The Morgan fingerprint density at radius 3 is 2.21 bits per heavy atom. The highest BCUT2D eigenvalue weighted by atomic mass is 16.5. The summed E-state index contributed by atoms with van der Waals surface area (Å²) in [6, 6.07) is 23.6. The second kappa shape index (κ2) is 7.40. The van der Waals surface area contributed by atoms with Crippen molar-refractivity contribution in [2.24, 2.45) is 0 Å². The van der Waals surface area contributed by atoms with E-state index in [1.165, 1.54) is 6.07 Å². The maximum Gasteiger partial charge on any atom is 0.342 e. The van der Waals surface area contributed by atoms with Crippen LogP contribution < -0.4 is 5.32 Å². The minimum absolute atomic E-state index is 0.0247. The third-order valence-electron chi connectivity index (χ3n) is 4.52. The van der Waals surface area contributed by atoms with Gasteiger partial charge in [-0.1, -0.05) is 66.7 Å². The number of hydrogen-bond acceptors (Lipinski definition) is 4. The number of aromatic hydroxyl groups is 1. The molecule has 0 radical (unpaired) electrons. The van der Waals surface area contributed by atoms with Crippen molar-refractivity contribution in [1.82, 2.24) is 0 Å². The number of rotatable bonds is 4. The molecule has 0 spiro atoms. The van der Waals surface area contributed by atoms with Crippen LogP contribution in [0.25, 0.3) is 21.5 Å². The molecule has 0 aliphatic heterocycles. The number of ether oxygens (including phenoxy) is 1. The maximum atomic E-state index is 12.3. The second-order valence-electron chi connectivity index (χ2n) is 6.33. The van der Waals surface area contributed by atoms with Crippen LogP contribution in [0, 0.1) is 0 Å². The first-order valence-corrected chi connectivity index (χ1v) is 8.79. The molecule has 2 N–H and O–H groups in total. The van der Waals surface area contributed by atoms with Crippen LogP contribution in [0.3, 0.4) is 0 Å². The average Bonchev–Trinajstić information content (AvgIpc) is 2.73. The van der Waals surface area contributed by atoms with Gasteiger partial charge in [0, 0.05) is 16.5 Å². The van der Waals surface area contributed by atoms with Gasteiger partial charge in [0.1, 0.15) is 11.3 Å². The molecule has 0 heterocycles. The first-order valence-electron chi connectivity index (χ1n) is 8.79. The van der Waals surface area contributed by atoms with E-state index in [9.17, 15) is 14.7 Å². The third-order valence-corrected chi connectivity index (χ3v) is 4.52. The zero-order valence-electron chi connectivity index (χ0n) is 14.9. The summed E-state index contributed by atoms with van der Waals surface area (Å²) >= 11 is 0. The Morgan fingerprint density at radius 2 is 1.43 bits per heavy atom. The second-order valence-corrected chi connectivity index (χ2v) is 6.33. The van der Waals surface area contributed by atoms with E-state index in [1.54, 1.807) is 24.3 Å². The van der Waals surface area contributed by atoms with E-state index in [4.69, 9.17) is 4.74 Å². The van der Waals surface area contributed by atoms with Gasteiger partial charge in [-0.25, -0.2) is 4.79 Å². The molecule has 0 saturated heterocycles. The number of esters is 1. The molecule has 0 bridgehead atoms. The van der Waals surface area contributed by atoms with Crippen molar-refractivity contribution in [2.45, 2.75) is 0 Å². The van der Waals surface area contributed by atoms with E-state index in [1.807, 2.05) is 48.5 Å². The van der Waals surface area contributed by atoms with Gasteiger partial charge in [0.2, 0.25) is 0 Å². The van der Waals surface area contributed by atoms with Gasteiger partial charge >= 0.3 is 5.97 Å². The first-order chi connectivity index (χ1) is 13.6. The Kier molecular flexibility index (Phi) is 4.64. The molecule has 0 fully saturated rings. The lowest BCUT2D eigenvalue weighted by atomic mass is 10.1. The van der Waals surface area contributed by atoms with Crippen LogP contribution in [-0.4, -0.2) is 23.6 Å². The SMILES string of the molecule is O=C(COC(=O)c1ccc2ccccc2c1O)Nc1cccc2ccccc12. The van der Waals surface area contributed by atoms with Gasteiger partial charge in [0.05, 0.1) is 0 Å². The quantitative estimate of drug-likeness (QED) is 0.518. The molecule has 0 saturated carbocycles. The molecule has 1 amide bonds. The number of hydrogen-bond donors (Lipinski definition) is 2. The van der Waals surface area contributed by atoms with Crippen LogP contribution in [0.4, 0.5) is 5.69 Å². The average molecular weight is 371 g/mol. The lowest BCUT2D eigenvalue weighted by Crippen LogP contribution is -2.21. The number of anilines is 1. The highest BCUT2D eigenvalue weighted by Crippen LogP contribution is 2.29. The van der Waals surface area contributed by atoms with E-state index in [2.05, 4.69) is 5.32 Å². The summed E-state index contributed by atoms with van der Waals surface area (Å²) in [6.07, 6.45) is 0. The Labute approximate surface area is 161 Å². The Morgan fingerprint density at radius 1 is 0.786 bits per heavy atom. The molecule has 28 heavy (non-hydrogen) atoms. The topological polar surface area (TPSA) is 75.6 Å². The molecule has 4 aromatic carbocycles. The van der Waals surface area contributed by atoms with Gasteiger partial charge in [0.25, 0.3) is 5.91 Å². The van der Waals surface area contributed by atoms with Crippen LogP contribution in [0.1, 0.15) is 10.4 Å². The molecular formula is C23H17NO4. The van der Waals surface area contributed by atoms with Gasteiger partial charge < -0.3 is 15.2 Å². The predicted octanol–water partition coefficient (Wildman–Crippen LogP) is 4.49. The first kappa shape index (κ1) is 17.5. The molecule has 0 aromatic heterocycles. The van der Waals surface area contributed by atoms with E-state index in [0.717, 1.165) is 16.2 Å². The molecule has 5 heteroatoms. The molecule has 138 valence electrons. The Bertz CT molecular complexity index is 1190. The summed E-state index contributed by atoms with van der Waals surface area (Å²) in [5.74, 6) is -1.36. The lowest BCUT2D eigenvalue weighted by Gasteiger charge is -2.10. The van der Waals surface area contributed by atoms with Crippen molar-refractivity contribution < 1.29 is 19.4 Å². The summed E-state index contributed by atoms with van der Waals surface area (Å²) in [7, 11) is 0. The van der Waals surface area contributed by atoms with E-state index in [-0.39, 0.29) is 11.3 Å². The van der Waals surface area contributed by atoms with Crippen molar-refractivity contribution >= 4 is 39.1 Å². The van der Waals surface area contributed by atoms with Crippen molar-refractivity contribution in [3.8, 4) is 5.75 Å². The number of amides is 1. The Balaban J connectivity index is 1.46. The molecule has 0 atom stereocenters. The molecule has 4 aromatic rings. The van der Waals surface area contributed by atoms with Gasteiger partial charge in [-0.05, 0) is 22.9 Å². The molecule has 0 aliphatic carbocycles. The number of carbonyl (C=O) groups excluding carboxylic acids is 2. The molecule has 4 rings (SSSR count). The number of phenolic OH excluding ortho intramolecular Hbond substituents is 1. The fourth-order valence-corrected chi connectivity index (χ4v) is 3.15. The third kappa shape index (κ3) is 3.38. The highest BCUT2D eigenvalue weighted by molar-refractivity contribution is 6.04. The standard InChI is InChI=1S/C23H17NO4/c25-21(24-20-11-5-8-15-6-1-3-9-17(15)20)14-28-23(27)19-13-12-16-7-2-4-10-18(16)22(19)26/h1-13,26H,14H2,(H,24,25). The maximum absolute atomic E-state index is 12.3. The largest absolute Gasteiger partial charge is 0.506 e. The highest BCUT2D eigenvalue weighted by Gasteiger charge is 2.16. The number of fused-ring (bicyclic) bond motifs is 2. The molecule has 5 nitrogen and oxygen atoms in total. The van der Waals surface area contributed by atoms with E-state index >= 15 is 0 Å². The van der Waals surface area contributed by atoms with E-state index < -0.39 is 18.5 Å².